The molecule has 0 bridgehead atoms. The molecule has 0 saturated heterocycles. The average Bonchev–Trinajstić information content (AvgIpc) is 2.01. The van der Waals surface area contributed by atoms with Crippen LogP contribution < -0.4 is 5.69 Å². The molecule has 0 amide bonds. The molecule has 0 aliphatic heterocycles. The summed E-state index contributed by atoms with van der Waals surface area (Å²) in [6.07, 6.45) is 0. The van der Waals surface area contributed by atoms with Crippen molar-refractivity contribution in [1.82, 2.24) is 9.97 Å². The summed E-state index contributed by atoms with van der Waals surface area (Å²) >= 11 is 5.54. The Morgan fingerprint density at radius 1 is 1.83 bits per heavy atom. The van der Waals surface area contributed by atoms with E-state index in [4.69, 9.17) is 16.7 Å². The third-order valence-corrected chi connectivity index (χ3v) is 1.73. The molecule has 1 aromatic heterocycles. The van der Waals surface area contributed by atoms with Crippen LogP contribution in [0, 0.1) is 0 Å². The van der Waals surface area contributed by atoms with E-state index in [9.17, 15) is 4.79 Å². The Bertz CT molecular complexity index is 323. The second kappa shape index (κ2) is 3.69. The van der Waals surface area contributed by atoms with Gasteiger partial charge in [-0.3, -0.25) is 0 Å². The summed E-state index contributed by atoms with van der Waals surface area (Å²) in [6, 6.07) is 1.53. The van der Waals surface area contributed by atoms with Gasteiger partial charge in [-0.25, -0.2) is 4.79 Å². The number of halogens is 1. The summed E-state index contributed by atoms with van der Waals surface area (Å²) in [7, 11) is 0. The first-order valence-corrected chi connectivity index (χ1v) is 3.89. The van der Waals surface area contributed by atoms with Crippen LogP contribution in [0.4, 0.5) is 0 Å². The van der Waals surface area contributed by atoms with Crippen LogP contribution in [0.1, 0.15) is 18.5 Å². The molecule has 0 aliphatic rings. The van der Waals surface area contributed by atoms with Gasteiger partial charge in [0.25, 0.3) is 0 Å². The number of H-pyrrole nitrogens is 1. The number of aromatic nitrogens is 2. The predicted octanol–water partition coefficient (Wildman–Crippen LogP) is 0.519. The van der Waals surface area contributed by atoms with Crippen LogP contribution in [-0.2, 0) is 0 Å². The highest BCUT2D eigenvalue weighted by atomic mass is 35.5. The van der Waals surface area contributed by atoms with E-state index >= 15 is 0 Å². The van der Waals surface area contributed by atoms with E-state index in [1.165, 1.54) is 6.07 Å². The van der Waals surface area contributed by atoms with Crippen LogP contribution in [0.2, 0.25) is 5.15 Å². The highest BCUT2D eigenvalue weighted by molar-refractivity contribution is 6.29. The van der Waals surface area contributed by atoms with Crippen molar-refractivity contribution in [1.29, 1.82) is 0 Å². The zero-order valence-electron chi connectivity index (χ0n) is 6.54. The molecule has 1 unspecified atom stereocenters. The lowest BCUT2D eigenvalue weighted by atomic mass is 10.1. The molecule has 0 spiro atoms. The predicted molar refractivity (Wildman–Crippen MR) is 45.4 cm³/mol. The lowest BCUT2D eigenvalue weighted by Gasteiger charge is -2.06. The number of hydrogen-bond donors (Lipinski definition) is 2. The fourth-order valence-corrected chi connectivity index (χ4v) is 1.00. The van der Waals surface area contributed by atoms with E-state index in [2.05, 4.69) is 9.97 Å². The van der Waals surface area contributed by atoms with Gasteiger partial charge in [-0.05, 0) is 6.07 Å². The van der Waals surface area contributed by atoms with Crippen LogP contribution in [0.15, 0.2) is 10.9 Å². The number of aliphatic hydroxyl groups is 1. The van der Waals surface area contributed by atoms with Crippen LogP contribution in [0.25, 0.3) is 0 Å². The standard InChI is InChI=1S/C7H9ClN2O2/c1-4(3-11)5-2-6(8)10-7(12)9-5/h2,4,11H,3H2,1H3,(H,9,10,12). The van der Waals surface area contributed by atoms with Gasteiger partial charge in [-0.2, -0.15) is 4.98 Å². The lowest BCUT2D eigenvalue weighted by molar-refractivity contribution is 0.271. The molecule has 4 nitrogen and oxygen atoms in total. The topological polar surface area (TPSA) is 66.0 Å². The molecule has 5 heteroatoms. The Labute approximate surface area is 74.2 Å². The largest absolute Gasteiger partial charge is 0.396 e. The normalized spacial score (nSPS) is 12.9. The molecule has 1 rings (SSSR count). The van der Waals surface area contributed by atoms with Crippen molar-refractivity contribution in [3.63, 3.8) is 0 Å². The summed E-state index contributed by atoms with van der Waals surface area (Å²) < 4.78 is 0. The molecule has 12 heavy (non-hydrogen) atoms. The number of nitrogens with zero attached hydrogens (tertiary/aromatic N) is 1. The van der Waals surface area contributed by atoms with E-state index in [0.717, 1.165) is 0 Å². The first-order chi connectivity index (χ1) is 5.63. The van der Waals surface area contributed by atoms with Gasteiger partial charge in [0.1, 0.15) is 5.15 Å². The van der Waals surface area contributed by atoms with Crippen LogP contribution in [0.5, 0.6) is 0 Å². The third kappa shape index (κ3) is 2.06. The van der Waals surface area contributed by atoms with Gasteiger partial charge >= 0.3 is 5.69 Å². The summed E-state index contributed by atoms with van der Waals surface area (Å²) in [5, 5.41) is 8.93. The maximum Gasteiger partial charge on any atom is 0.346 e. The van der Waals surface area contributed by atoms with Crippen LogP contribution in [-0.4, -0.2) is 21.7 Å². The van der Waals surface area contributed by atoms with E-state index in [1.807, 2.05) is 0 Å². The van der Waals surface area contributed by atoms with E-state index in [0.29, 0.717) is 5.69 Å². The highest BCUT2D eigenvalue weighted by Gasteiger charge is 2.06. The van der Waals surface area contributed by atoms with E-state index in [-0.39, 0.29) is 17.7 Å². The van der Waals surface area contributed by atoms with Crippen LogP contribution in [0.3, 0.4) is 0 Å². The first kappa shape index (κ1) is 9.22. The van der Waals surface area contributed by atoms with Gasteiger partial charge in [0.05, 0.1) is 6.61 Å². The lowest BCUT2D eigenvalue weighted by Crippen LogP contribution is -2.15. The molecule has 1 heterocycles. The average molecular weight is 189 g/mol. The van der Waals surface area contributed by atoms with Crippen molar-refractivity contribution in [2.45, 2.75) is 12.8 Å². The second-order valence-corrected chi connectivity index (χ2v) is 2.94. The Balaban J connectivity index is 3.08. The summed E-state index contributed by atoms with van der Waals surface area (Å²) in [4.78, 5) is 16.7. The molecule has 0 saturated carbocycles. The quantitative estimate of drug-likeness (QED) is 0.665. The molecule has 2 N–H and O–H groups in total. The summed E-state index contributed by atoms with van der Waals surface area (Å²) in [5.41, 5.74) is 0.111. The maximum absolute atomic E-state index is 10.8. The third-order valence-electron chi connectivity index (χ3n) is 1.54. The fraction of sp³-hybridized carbons (Fsp3) is 0.429. The van der Waals surface area contributed by atoms with Crippen molar-refractivity contribution >= 4 is 11.6 Å². The zero-order chi connectivity index (χ0) is 9.14. The molecule has 1 aromatic rings. The van der Waals surface area contributed by atoms with Gasteiger partial charge in [-0.1, -0.05) is 18.5 Å². The maximum atomic E-state index is 10.8. The van der Waals surface area contributed by atoms with Gasteiger partial charge in [0.2, 0.25) is 0 Å². The van der Waals surface area contributed by atoms with Crippen molar-refractivity contribution in [2.24, 2.45) is 0 Å². The number of hydrogen-bond acceptors (Lipinski definition) is 3. The molecule has 0 aromatic carbocycles. The number of rotatable bonds is 2. The molecule has 66 valence electrons. The molecule has 0 fully saturated rings. The molecular formula is C7H9ClN2O2. The summed E-state index contributed by atoms with van der Waals surface area (Å²) in [5.74, 6) is -0.127. The molecular weight excluding hydrogens is 180 g/mol. The van der Waals surface area contributed by atoms with Crippen LogP contribution >= 0.6 is 11.6 Å². The first-order valence-electron chi connectivity index (χ1n) is 3.51. The molecule has 1 atom stereocenters. The van der Waals surface area contributed by atoms with Gasteiger partial charge in [0.15, 0.2) is 0 Å². The van der Waals surface area contributed by atoms with Gasteiger partial charge in [-0.15, -0.1) is 0 Å². The van der Waals surface area contributed by atoms with Crippen molar-refractivity contribution in [3.8, 4) is 0 Å². The molecule has 0 radical (unpaired) electrons. The Morgan fingerprint density at radius 2 is 2.50 bits per heavy atom. The number of aliphatic hydroxyl groups excluding tert-OH is 1. The number of aromatic amines is 1. The monoisotopic (exact) mass is 188 g/mol. The number of nitrogens with one attached hydrogen (secondary N) is 1. The van der Waals surface area contributed by atoms with E-state index in [1.54, 1.807) is 6.92 Å². The van der Waals surface area contributed by atoms with Crippen molar-refractivity contribution < 1.29 is 5.11 Å². The van der Waals surface area contributed by atoms with E-state index < -0.39 is 5.69 Å². The summed E-state index contributed by atoms with van der Waals surface area (Å²) in [6.45, 7) is 1.75. The second-order valence-electron chi connectivity index (χ2n) is 2.55. The highest BCUT2D eigenvalue weighted by Crippen LogP contribution is 2.12. The SMILES string of the molecule is CC(CO)c1cc(Cl)nc(=O)[nH]1. The van der Waals surface area contributed by atoms with Gasteiger partial charge < -0.3 is 10.1 Å². The Morgan fingerprint density at radius 3 is 3.00 bits per heavy atom. The molecule has 0 aliphatic carbocycles. The smallest absolute Gasteiger partial charge is 0.346 e. The Kier molecular flexibility index (Phi) is 2.83. The Hall–Kier alpha value is -0.870. The van der Waals surface area contributed by atoms with Crippen molar-refractivity contribution in [2.75, 3.05) is 6.61 Å². The zero-order valence-corrected chi connectivity index (χ0v) is 7.30. The minimum Gasteiger partial charge on any atom is -0.396 e. The van der Waals surface area contributed by atoms with Gasteiger partial charge in [0, 0.05) is 11.6 Å². The minimum atomic E-state index is -0.488. The van der Waals surface area contributed by atoms with Crippen molar-refractivity contribution in [3.05, 3.63) is 27.4 Å². The fourth-order valence-electron chi connectivity index (χ4n) is 0.809. The minimum absolute atomic E-state index is 0.0315.